The number of benzene rings is 7. The van der Waals surface area contributed by atoms with E-state index in [4.69, 9.17) is 0 Å². The Labute approximate surface area is 274 Å². The first-order chi connectivity index (χ1) is 23.4. The van der Waals surface area contributed by atoms with Crippen molar-refractivity contribution in [2.45, 2.75) is 6.18 Å². The van der Waals surface area contributed by atoms with Crippen molar-refractivity contribution in [2.24, 2.45) is 0 Å². The lowest BCUT2D eigenvalue weighted by Gasteiger charge is -2.26. The van der Waals surface area contributed by atoms with Crippen LogP contribution in [0.4, 0.5) is 30.2 Å². The molecule has 0 unspecified atom stereocenters. The van der Waals surface area contributed by atoms with Gasteiger partial charge in [-0.15, -0.1) is 0 Å². The van der Waals surface area contributed by atoms with Crippen molar-refractivity contribution in [3.63, 3.8) is 0 Å². The molecule has 0 amide bonds. The lowest BCUT2D eigenvalue weighted by atomic mass is 9.99. The molecule has 9 aromatic rings. The van der Waals surface area contributed by atoms with E-state index in [9.17, 15) is 13.2 Å². The van der Waals surface area contributed by atoms with E-state index in [-0.39, 0.29) is 0 Å². The number of nitrogens with zero attached hydrogens (tertiary/aromatic N) is 2. The molecule has 0 saturated carbocycles. The third-order valence-electron chi connectivity index (χ3n) is 9.33. The Morgan fingerprint density at radius 2 is 0.896 bits per heavy atom. The van der Waals surface area contributed by atoms with Crippen molar-refractivity contribution in [1.29, 1.82) is 0 Å². The maximum atomic E-state index is 13.8. The van der Waals surface area contributed by atoms with E-state index in [1.165, 1.54) is 50.2 Å². The van der Waals surface area contributed by atoms with Crippen molar-refractivity contribution in [1.82, 2.24) is 4.40 Å². The Bertz CT molecular complexity index is 2500. The standard InChI is InChI=1S/C43H27F3N2/c44-43(45,46)32-11-8-12-35(27-32)47(33-21-17-29(18-22-33)28-9-2-1-3-10-28)34-23-19-30(20-24-34)31-25-38-36-13-4-6-15-40(36)48-41-16-7-5-14-37(41)39(26-31)42(38)48/h1-27H. The van der Waals surface area contributed by atoms with Gasteiger partial charge in [-0.1, -0.05) is 97.1 Å². The zero-order valence-corrected chi connectivity index (χ0v) is 25.6. The van der Waals surface area contributed by atoms with Gasteiger partial charge in [-0.3, -0.25) is 0 Å². The van der Waals surface area contributed by atoms with Gasteiger partial charge in [0, 0.05) is 38.6 Å². The van der Waals surface area contributed by atoms with Crippen molar-refractivity contribution in [3.8, 4) is 22.3 Å². The molecule has 9 rings (SSSR count). The van der Waals surface area contributed by atoms with Crippen LogP contribution in [0.15, 0.2) is 164 Å². The molecule has 0 spiro atoms. The van der Waals surface area contributed by atoms with Gasteiger partial charge in [0.25, 0.3) is 0 Å². The Balaban J connectivity index is 1.17. The van der Waals surface area contributed by atoms with Crippen molar-refractivity contribution in [3.05, 3.63) is 169 Å². The van der Waals surface area contributed by atoms with Crippen LogP contribution in [0.5, 0.6) is 0 Å². The molecule has 2 aromatic heterocycles. The number of alkyl halides is 3. The lowest BCUT2D eigenvalue weighted by molar-refractivity contribution is -0.137. The van der Waals surface area contributed by atoms with E-state index in [0.29, 0.717) is 5.69 Å². The number of fused-ring (bicyclic) bond motifs is 6. The molecule has 0 bridgehead atoms. The molecule has 48 heavy (non-hydrogen) atoms. The summed E-state index contributed by atoms with van der Waals surface area (Å²) < 4.78 is 43.9. The summed E-state index contributed by atoms with van der Waals surface area (Å²) in [5, 5.41) is 4.80. The van der Waals surface area contributed by atoms with Crippen LogP contribution in [-0.2, 0) is 6.18 Å². The van der Waals surface area contributed by atoms with Gasteiger partial charge in [0.05, 0.1) is 22.1 Å². The number of rotatable bonds is 5. The Kier molecular flexibility index (Phi) is 6.31. The average Bonchev–Trinajstić information content (AvgIpc) is 3.64. The number of aromatic nitrogens is 1. The SMILES string of the molecule is FC(F)(F)c1cccc(N(c2ccc(-c3ccccc3)cc2)c2ccc(-c3cc4c5ccccc5n5c6ccccc6c(c3)c45)cc2)c1. The molecule has 0 aliphatic rings. The van der Waals surface area contributed by atoms with Crippen LogP contribution in [0.3, 0.4) is 0 Å². The fraction of sp³-hybridized carbons (Fsp3) is 0.0233. The fourth-order valence-electron chi connectivity index (χ4n) is 7.12. The quantitative estimate of drug-likeness (QED) is 0.184. The maximum absolute atomic E-state index is 13.8. The van der Waals surface area contributed by atoms with E-state index in [2.05, 4.69) is 77.2 Å². The fourth-order valence-corrected chi connectivity index (χ4v) is 7.12. The number of halogens is 3. The van der Waals surface area contributed by atoms with Crippen LogP contribution in [0.25, 0.3) is 60.3 Å². The normalized spacial score (nSPS) is 12.1. The minimum atomic E-state index is -4.45. The van der Waals surface area contributed by atoms with Crippen LogP contribution in [-0.4, -0.2) is 4.40 Å². The molecule has 2 nitrogen and oxygen atoms in total. The first-order valence-electron chi connectivity index (χ1n) is 15.8. The Morgan fingerprint density at radius 3 is 1.46 bits per heavy atom. The molecule has 0 aliphatic heterocycles. The molecule has 0 radical (unpaired) electrons. The second kappa shape index (κ2) is 10.7. The number of anilines is 3. The topological polar surface area (TPSA) is 7.65 Å². The summed E-state index contributed by atoms with van der Waals surface area (Å²) in [5.41, 5.74) is 9.07. The van der Waals surface area contributed by atoms with Crippen LogP contribution >= 0.6 is 0 Å². The summed E-state index contributed by atoms with van der Waals surface area (Å²) in [6.45, 7) is 0. The molecule has 7 aromatic carbocycles. The van der Waals surface area contributed by atoms with E-state index < -0.39 is 11.7 Å². The van der Waals surface area contributed by atoms with Gasteiger partial charge in [-0.2, -0.15) is 13.2 Å². The highest BCUT2D eigenvalue weighted by Gasteiger charge is 2.31. The van der Waals surface area contributed by atoms with Crippen molar-refractivity contribution < 1.29 is 13.2 Å². The summed E-state index contributed by atoms with van der Waals surface area (Å²) in [7, 11) is 0. The minimum Gasteiger partial charge on any atom is -0.310 e. The van der Waals surface area contributed by atoms with Crippen LogP contribution in [0, 0.1) is 0 Å². The number of hydrogen-bond acceptors (Lipinski definition) is 1. The number of hydrogen-bond donors (Lipinski definition) is 0. The molecular formula is C43H27F3N2. The highest BCUT2D eigenvalue weighted by atomic mass is 19.4. The first kappa shape index (κ1) is 28.2. The molecule has 2 heterocycles. The summed E-state index contributed by atoms with van der Waals surface area (Å²) in [6, 6.07) is 53.1. The highest BCUT2D eigenvalue weighted by molar-refractivity contribution is 6.24. The summed E-state index contributed by atoms with van der Waals surface area (Å²) >= 11 is 0. The second-order valence-corrected chi connectivity index (χ2v) is 12.1. The molecule has 230 valence electrons. The monoisotopic (exact) mass is 628 g/mol. The largest absolute Gasteiger partial charge is 0.416 e. The molecule has 5 heteroatoms. The van der Waals surface area contributed by atoms with Crippen LogP contribution in [0.2, 0.25) is 0 Å². The third-order valence-corrected chi connectivity index (χ3v) is 9.33. The van der Waals surface area contributed by atoms with Gasteiger partial charge in [0.2, 0.25) is 0 Å². The molecular weight excluding hydrogens is 601 g/mol. The van der Waals surface area contributed by atoms with Gasteiger partial charge in [-0.25, -0.2) is 0 Å². The second-order valence-electron chi connectivity index (χ2n) is 12.1. The maximum Gasteiger partial charge on any atom is 0.416 e. The minimum absolute atomic E-state index is 0.434. The van der Waals surface area contributed by atoms with Gasteiger partial charge in [0.1, 0.15) is 0 Å². The van der Waals surface area contributed by atoms with Gasteiger partial charge in [0.15, 0.2) is 0 Å². The van der Waals surface area contributed by atoms with Crippen LogP contribution in [0.1, 0.15) is 5.56 Å². The van der Waals surface area contributed by atoms with Gasteiger partial charge >= 0.3 is 6.18 Å². The summed E-state index contributed by atoms with van der Waals surface area (Å²) in [4.78, 5) is 1.88. The van der Waals surface area contributed by atoms with Gasteiger partial charge in [-0.05, 0) is 89.0 Å². The zero-order chi connectivity index (χ0) is 32.4. The zero-order valence-electron chi connectivity index (χ0n) is 25.6. The average molecular weight is 629 g/mol. The van der Waals surface area contributed by atoms with Gasteiger partial charge < -0.3 is 9.30 Å². The molecule has 0 N–H and O–H groups in total. The third kappa shape index (κ3) is 4.50. The number of para-hydroxylation sites is 2. The Hall–Kier alpha value is -6.07. The first-order valence-corrected chi connectivity index (χ1v) is 15.8. The molecule has 0 atom stereocenters. The van der Waals surface area contributed by atoms with Crippen molar-refractivity contribution >= 4 is 55.2 Å². The van der Waals surface area contributed by atoms with E-state index in [1.54, 1.807) is 6.07 Å². The molecule has 0 fully saturated rings. The summed E-state index contributed by atoms with van der Waals surface area (Å²) in [6.07, 6.45) is -4.45. The highest BCUT2D eigenvalue weighted by Crippen LogP contribution is 2.43. The van der Waals surface area contributed by atoms with Crippen LogP contribution < -0.4 is 4.90 Å². The van der Waals surface area contributed by atoms with E-state index >= 15 is 0 Å². The van der Waals surface area contributed by atoms with E-state index in [0.717, 1.165) is 39.7 Å². The lowest BCUT2D eigenvalue weighted by Crippen LogP contribution is -2.12. The smallest absolute Gasteiger partial charge is 0.310 e. The molecule has 0 aliphatic carbocycles. The van der Waals surface area contributed by atoms with E-state index in [1.807, 2.05) is 71.6 Å². The summed E-state index contributed by atoms with van der Waals surface area (Å²) in [5.74, 6) is 0. The predicted molar refractivity (Wildman–Crippen MR) is 192 cm³/mol. The predicted octanol–water partition coefficient (Wildman–Crippen LogP) is 12.7. The van der Waals surface area contributed by atoms with Crippen molar-refractivity contribution in [2.75, 3.05) is 4.90 Å². The Morgan fingerprint density at radius 1 is 0.396 bits per heavy atom. The molecule has 0 saturated heterocycles.